The third kappa shape index (κ3) is 4.74. The fourth-order valence-corrected chi connectivity index (χ4v) is 4.38. The molecule has 2 aliphatic heterocycles. The molecule has 0 spiro atoms. The normalized spacial score (nSPS) is 18.4. The van der Waals surface area contributed by atoms with E-state index in [0.29, 0.717) is 38.2 Å². The van der Waals surface area contributed by atoms with E-state index in [9.17, 15) is 9.59 Å². The molecule has 1 amide bonds. The number of aryl methyl sites for hydroxylation is 1. The van der Waals surface area contributed by atoms with E-state index >= 15 is 0 Å². The summed E-state index contributed by atoms with van der Waals surface area (Å²) >= 11 is 0. The van der Waals surface area contributed by atoms with Crippen molar-refractivity contribution in [3.05, 3.63) is 64.7 Å². The Hall–Kier alpha value is -3.02. The first-order chi connectivity index (χ1) is 15.2. The number of ether oxygens (including phenoxy) is 2. The highest BCUT2D eigenvalue weighted by molar-refractivity contribution is 5.95. The second kappa shape index (κ2) is 8.85. The van der Waals surface area contributed by atoms with E-state index in [4.69, 9.17) is 9.47 Å². The zero-order valence-electron chi connectivity index (χ0n) is 19.4. The molecule has 2 heterocycles. The summed E-state index contributed by atoms with van der Waals surface area (Å²) in [5, 5.41) is 0. The summed E-state index contributed by atoms with van der Waals surface area (Å²) in [7, 11) is 0. The Kier molecular flexibility index (Phi) is 6.13. The van der Waals surface area contributed by atoms with E-state index in [-0.39, 0.29) is 18.2 Å². The SMILES string of the molecule is CCc1ccccc1CC1OC(=O)c2cc(N3CCN(C(=O)OC(C)(C)C)CC3)ccc21. The topological polar surface area (TPSA) is 59.1 Å². The number of carbonyl (C=O) groups is 2. The van der Waals surface area contributed by atoms with Crippen LogP contribution in [0.4, 0.5) is 10.5 Å². The highest BCUT2D eigenvalue weighted by Crippen LogP contribution is 2.36. The van der Waals surface area contributed by atoms with Crippen LogP contribution in [0.1, 0.15) is 60.8 Å². The van der Waals surface area contributed by atoms with Crippen LogP contribution >= 0.6 is 0 Å². The van der Waals surface area contributed by atoms with Crippen molar-refractivity contribution in [1.82, 2.24) is 4.90 Å². The quantitative estimate of drug-likeness (QED) is 0.647. The molecule has 6 nitrogen and oxygen atoms in total. The number of benzene rings is 2. The Labute approximate surface area is 190 Å². The van der Waals surface area contributed by atoms with Crippen LogP contribution in [-0.2, 0) is 22.3 Å². The van der Waals surface area contributed by atoms with Crippen LogP contribution in [0.3, 0.4) is 0 Å². The fourth-order valence-electron chi connectivity index (χ4n) is 4.38. The van der Waals surface area contributed by atoms with Crippen LogP contribution in [0.2, 0.25) is 0 Å². The molecule has 170 valence electrons. The molecule has 1 saturated heterocycles. The predicted molar refractivity (Wildman–Crippen MR) is 124 cm³/mol. The van der Waals surface area contributed by atoms with E-state index in [1.165, 1.54) is 11.1 Å². The van der Waals surface area contributed by atoms with Gasteiger partial charge in [-0.1, -0.05) is 37.3 Å². The van der Waals surface area contributed by atoms with Gasteiger partial charge in [0.25, 0.3) is 0 Å². The van der Waals surface area contributed by atoms with Crippen LogP contribution in [0.15, 0.2) is 42.5 Å². The monoisotopic (exact) mass is 436 g/mol. The van der Waals surface area contributed by atoms with E-state index in [0.717, 1.165) is 17.7 Å². The number of cyclic esters (lactones) is 1. The Balaban J connectivity index is 1.44. The van der Waals surface area contributed by atoms with Crippen molar-refractivity contribution >= 4 is 17.7 Å². The smallest absolute Gasteiger partial charge is 0.410 e. The van der Waals surface area contributed by atoms with Gasteiger partial charge in [0.05, 0.1) is 5.56 Å². The summed E-state index contributed by atoms with van der Waals surface area (Å²) in [6.07, 6.45) is 1.13. The number of fused-ring (bicyclic) bond motifs is 1. The van der Waals surface area contributed by atoms with Crippen LogP contribution in [-0.4, -0.2) is 48.7 Å². The molecule has 32 heavy (non-hydrogen) atoms. The number of amides is 1. The van der Waals surface area contributed by atoms with Gasteiger partial charge >= 0.3 is 12.1 Å². The molecule has 1 unspecified atom stereocenters. The number of carbonyl (C=O) groups excluding carboxylic acids is 2. The van der Waals surface area contributed by atoms with Gasteiger partial charge in [-0.05, 0) is 50.5 Å². The summed E-state index contributed by atoms with van der Waals surface area (Å²) in [5.74, 6) is -0.256. The Morgan fingerprint density at radius 3 is 2.41 bits per heavy atom. The third-order valence-electron chi connectivity index (χ3n) is 6.05. The first kappa shape index (κ1) is 22.2. The van der Waals surface area contributed by atoms with Crippen LogP contribution < -0.4 is 4.90 Å². The minimum Gasteiger partial charge on any atom is -0.454 e. The minimum absolute atomic E-state index is 0.247. The van der Waals surface area contributed by atoms with Crippen LogP contribution in [0.5, 0.6) is 0 Å². The molecular weight excluding hydrogens is 404 g/mol. The number of rotatable bonds is 4. The lowest BCUT2D eigenvalue weighted by atomic mass is 9.95. The predicted octanol–water partition coefficient (Wildman–Crippen LogP) is 4.76. The highest BCUT2D eigenvalue weighted by Gasteiger charge is 2.33. The van der Waals surface area contributed by atoms with Crippen molar-refractivity contribution in [3.63, 3.8) is 0 Å². The molecule has 0 N–H and O–H groups in total. The zero-order chi connectivity index (χ0) is 22.9. The van der Waals surface area contributed by atoms with Gasteiger partial charge in [0.1, 0.15) is 11.7 Å². The maximum Gasteiger partial charge on any atom is 0.410 e. The van der Waals surface area contributed by atoms with Crippen LogP contribution in [0.25, 0.3) is 0 Å². The second-order valence-electron chi connectivity index (χ2n) is 9.45. The van der Waals surface area contributed by atoms with Gasteiger partial charge in [0.2, 0.25) is 0 Å². The number of hydrogen-bond donors (Lipinski definition) is 0. The molecule has 0 saturated carbocycles. The Bertz CT molecular complexity index is 1000. The van der Waals surface area contributed by atoms with E-state index in [1.807, 2.05) is 45.0 Å². The molecule has 1 fully saturated rings. The van der Waals surface area contributed by atoms with Gasteiger partial charge in [-0.15, -0.1) is 0 Å². The second-order valence-corrected chi connectivity index (χ2v) is 9.45. The average Bonchev–Trinajstić information content (AvgIpc) is 3.08. The number of piperazine rings is 1. The molecule has 0 radical (unpaired) electrons. The highest BCUT2D eigenvalue weighted by atomic mass is 16.6. The van der Waals surface area contributed by atoms with Gasteiger partial charge < -0.3 is 19.3 Å². The molecule has 0 bridgehead atoms. The van der Waals surface area contributed by atoms with Gasteiger partial charge in [0, 0.05) is 43.9 Å². The summed E-state index contributed by atoms with van der Waals surface area (Å²) in [6, 6.07) is 14.3. The molecule has 2 aromatic rings. The molecule has 0 aliphatic carbocycles. The van der Waals surface area contributed by atoms with Gasteiger partial charge in [-0.3, -0.25) is 0 Å². The number of esters is 1. The van der Waals surface area contributed by atoms with Crippen molar-refractivity contribution in [3.8, 4) is 0 Å². The summed E-state index contributed by atoms with van der Waals surface area (Å²) in [5.41, 5.74) is 4.61. The van der Waals surface area contributed by atoms with Gasteiger partial charge in [-0.25, -0.2) is 9.59 Å². The van der Waals surface area contributed by atoms with Crippen molar-refractivity contribution in [2.45, 2.75) is 52.2 Å². The summed E-state index contributed by atoms with van der Waals surface area (Å²) in [6.45, 7) is 10.3. The molecule has 4 rings (SSSR count). The zero-order valence-corrected chi connectivity index (χ0v) is 19.4. The third-order valence-corrected chi connectivity index (χ3v) is 6.05. The minimum atomic E-state index is -0.497. The lowest BCUT2D eigenvalue weighted by Crippen LogP contribution is -2.50. The van der Waals surface area contributed by atoms with E-state index in [2.05, 4.69) is 30.0 Å². The first-order valence-corrected chi connectivity index (χ1v) is 11.4. The molecular formula is C26H32N2O4. The largest absolute Gasteiger partial charge is 0.454 e. The maximum absolute atomic E-state index is 12.6. The van der Waals surface area contributed by atoms with Crippen molar-refractivity contribution in [2.24, 2.45) is 0 Å². The molecule has 1 atom stereocenters. The lowest BCUT2D eigenvalue weighted by molar-refractivity contribution is 0.0240. The standard InChI is InChI=1S/C26H32N2O4/c1-5-18-8-6-7-9-19(18)16-23-21-11-10-20(17-22(21)24(29)31-23)27-12-14-28(15-13-27)25(30)32-26(2,3)4/h6-11,17,23H,5,12-16H2,1-4H3. The van der Waals surface area contributed by atoms with E-state index < -0.39 is 5.60 Å². The van der Waals surface area contributed by atoms with Crippen LogP contribution in [0, 0.1) is 0 Å². The van der Waals surface area contributed by atoms with Gasteiger partial charge in [0.15, 0.2) is 0 Å². The summed E-state index contributed by atoms with van der Waals surface area (Å²) < 4.78 is 11.2. The van der Waals surface area contributed by atoms with Crippen molar-refractivity contribution in [2.75, 3.05) is 31.1 Å². The van der Waals surface area contributed by atoms with E-state index in [1.54, 1.807) is 4.90 Å². The first-order valence-electron chi connectivity index (χ1n) is 11.4. The number of hydrogen-bond acceptors (Lipinski definition) is 5. The maximum atomic E-state index is 12.6. The Morgan fingerprint density at radius 1 is 1.06 bits per heavy atom. The Morgan fingerprint density at radius 2 is 1.75 bits per heavy atom. The summed E-state index contributed by atoms with van der Waals surface area (Å²) in [4.78, 5) is 28.9. The fraction of sp³-hybridized carbons (Fsp3) is 0.462. The number of nitrogens with zero attached hydrogens (tertiary/aromatic N) is 2. The lowest BCUT2D eigenvalue weighted by Gasteiger charge is -2.36. The van der Waals surface area contributed by atoms with Crippen molar-refractivity contribution < 1.29 is 19.1 Å². The molecule has 2 aromatic carbocycles. The van der Waals surface area contributed by atoms with Crippen molar-refractivity contribution in [1.29, 1.82) is 0 Å². The average molecular weight is 437 g/mol. The number of anilines is 1. The molecule has 6 heteroatoms. The molecule has 2 aliphatic rings. The molecule has 0 aromatic heterocycles. The van der Waals surface area contributed by atoms with Gasteiger partial charge in [-0.2, -0.15) is 0 Å².